The third-order valence-electron chi connectivity index (χ3n) is 3.45. The molecule has 0 spiro atoms. The standard InChI is InChI=1S/C14H17Cl2N3O3.ClH/c15-9-1-2-10(16)11(7-9)19-12(20)8-18-13(21)14(17)3-5-22-6-4-14;/h1-2,7H,3-6,8,17H2,(H,18,21)(H,19,20);1H. The van der Waals surface area contributed by atoms with Crippen LogP contribution in [0.3, 0.4) is 0 Å². The van der Waals surface area contributed by atoms with Gasteiger partial charge in [0.25, 0.3) is 0 Å². The van der Waals surface area contributed by atoms with Crippen LogP contribution < -0.4 is 16.4 Å². The molecule has 0 aliphatic carbocycles. The molecule has 1 fully saturated rings. The van der Waals surface area contributed by atoms with Gasteiger partial charge in [-0.05, 0) is 31.0 Å². The Hall–Kier alpha value is -1.05. The lowest BCUT2D eigenvalue weighted by atomic mass is 9.90. The van der Waals surface area contributed by atoms with Crippen LogP contribution in [0, 0.1) is 0 Å². The summed E-state index contributed by atoms with van der Waals surface area (Å²) in [6.45, 7) is 0.684. The Morgan fingerprint density at radius 3 is 2.57 bits per heavy atom. The molecule has 2 rings (SSSR count). The fraction of sp³-hybridized carbons (Fsp3) is 0.429. The lowest BCUT2D eigenvalue weighted by molar-refractivity contribution is -0.131. The van der Waals surface area contributed by atoms with Crippen molar-refractivity contribution in [1.29, 1.82) is 0 Å². The highest BCUT2D eigenvalue weighted by atomic mass is 35.5. The van der Waals surface area contributed by atoms with Crippen molar-refractivity contribution in [2.24, 2.45) is 5.73 Å². The summed E-state index contributed by atoms with van der Waals surface area (Å²) in [6, 6.07) is 4.73. The Morgan fingerprint density at radius 1 is 1.26 bits per heavy atom. The Kier molecular flexibility index (Phi) is 7.57. The van der Waals surface area contributed by atoms with Crippen LogP contribution in [0.5, 0.6) is 0 Å². The molecule has 0 saturated carbocycles. The Morgan fingerprint density at radius 2 is 1.91 bits per heavy atom. The number of carbonyl (C=O) groups is 2. The molecule has 1 aliphatic heterocycles. The van der Waals surface area contributed by atoms with Crippen LogP contribution >= 0.6 is 35.6 Å². The molecule has 0 atom stereocenters. The van der Waals surface area contributed by atoms with Gasteiger partial charge in [-0.1, -0.05) is 23.2 Å². The van der Waals surface area contributed by atoms with E-state index in [-0.39, 0.29) is 24.9 Å². The van der Waals surface area contributed by atoms with E-state index in [0.29, 0.717) is 41.8 Å². The maximum atomic E-state index is 12.1. The second-order valence-corrected chi connectivity index (χ2v) is 5.97. The monoisotopic (exact) mass is 381 g/mol. The molecule has 0 aromatic heterocycles. The van der Waals surface area contributed by atoms with E-state index in [1.54, 1.807) is 12.1 Å². The van der Waals surface area contributed by atoms with E-state index in [9.17, 15) is 9.59 Å². The number of amides is 2. The van der Waals surface area contributed by atoms with E-state index < -0.39 is 11.4 Å². The number of ether oxygens (including phenoxy) is 1. The molecule has 1 aliphatic rings. The van der Waals surface area contributed by atoms with Crippen molar-refractivity contribution >= 4 is 53.1 Å². The van der Waals surface area contributed by atoms with Crippen LogP contribution in [-0.4, -0.2) is 37.1 Å². The highest BCUT2D eigenvalue weighted by molar-refractivity contribution is 6.35. The number of nitrogens with one attached hydrogen (secondary N) is 2. The van der Waals surface area contributed by atoms with Crippen LogP contribution in [0.1, 0.15) is 12.8 Å². The predicted molar refractivity (Wildman–Crippen MR) is 92.3 cm³/mol. The number of halogens is 3. The van der Waals surface area contributed by atoms with Crippen molar-refractivity contribution in [3.8, 4) is 0 Å². The van der Waals surface area contributed by atoms with Crippen molar-refractivity contribution < 1.29 is 14.3 Å². The van der Waals surface area contributed by atoms with Crippen molar-refractivity contribution in [3.63, 3.8) is 0 Å². The molecule has 1 aromatic carbocycles. The average molecular weight is 383 g/mol. The molecule has 0 unspecified atom stereocenters. The van der Waals surface area contributed by atoms with E-state index in [0.717, 1.165) is 0 Å². The topological polar surface area (TPSA) is 93.5 Å². The first-order valence-corrected chi connectivity index (χ1v) is 7.56. The Labute approximate surface area is 150 Å². The largest absolute Gasteiger partial charge is 0.381 e. The lowest BCUT2D eigenvalue weighted by Gasteiger charge is -2.31. The quantitative estimate of drug-likeness (QED) is 0.742. The molecular weight excluding hydrogens is 365 g/mol. The molecule has 6 nitrogen and oxygen atoms in total. The Bertz CT molecular complexity index is 578. The summed E-state index contributed by atoms with van der Waals surface area (Å²) in [5, 5.41) is 5.94. The smallest absolute Gasteiger partial charge is 0.243 e. The molecule has 1 saturated heterocycles. The van der Waals surface area contributed by atoms with Crippen molar-refractivity contribution in [2.45, 2.75) is 18.4 Å². The average Bonchev–Trinajstić information content (AvgIpc) is 2.49. The third kappa shape index (κ3) is 5.51. The molecule has 2 amide bonds. The van der Waals surface area contributed by atoms with Crippen molar-refractivity contribution in [2.75, 3.05) is 25.1 Å². The maximum Gasteiger partial charge on any atom is 0.243 e. The summed E-state index contributed by atoms with van der Waals surface area (Å²) in [5.41, 5.74) is 5.43. The number of hydrogen-bond donors (Lipinski definition) is 3. The Balaban J connectivity index is 0.00000264. The molecule has 0 radical (unpaired) electrons. The predicted octanol–water partition coefficient (Wildman–Crippen LogP) is 1.98. The second-order valence-electron chi connectivity index (χ2n) is 5.12. The minimum absolute atomic E-state index is 0. The van der Waals surface area contributed by atoms with Gasteiger partial charge in [-0.15, -0.1) is 12.4 Å². The molecule has 9 heteroatoms. The molecule has 128 valence electrons. The normalized spacial score (nSPS) is 16.1. The summed E-state index contributed by atoms with van der Waals surface area (Å²) in [4.78, 5) is 24.0. The molecule has 4 N–H and O–H groups in total. The second kappa shape index (κ2) is 8.70. The van der Waals surface area contributed by atoms with Gasteiger partial charge in [-0.25, -0.2) is 0 Å². The van der Waals surface area contributed by atoms with Crippen LogP contribution in [0.2, 0.25) is 10.0 Å². The number of carbonyl (C=O) groups excluding carboxylic acids is 2. The lowest BCUT2D eigenvalue weighted by Crippen LogP contribution is -2.57. The van der Waals surface area contributed by atoms with Crippen LogP contribution in [-0.2, 0) is 14.3 Å². The first-order chi connectivity index (χ1) is 10.4. The summed E-state index contributed by atoms with van der Waals surface area (Å²) in [5.74, 6) is -0.767. The molecule has 1 heterocycles. The molecule has 0 bridgehead atoms. The number of nitrogens with two attached hydrogens (primary N) is 1. The summed E-state index contributed by atoms with van der Waals surface area (Å²) in [7, 11) is 0. The SMILES string of the molecule is Cl.NC1(C(=O)NCC(=O)Nc2cc(Cl)ccc2Cl)CCOCC1. The van der Waals surface area contributed by atoms with Crippen molar-refractivity contribution in [3.05, 3.63) is 28.2 Å². The minimum Gasteiger partial charge on any atom is -0.381 e. The summed E-state index contributed by atoms with van der Waals surface area (Å²) in [6.07, 6.45) is 0.862. The molecule has 1 aromatic rings. The van der Waals surface area contributed by atoms with Gasteiger partial charge in [-0.3, -0.25) is 9.59 Å². The van der Waals surface area contributed by atoms with Gasteiger partial charge in [0.1, 0.15) is 0 Å². The van der Waals surface area contributed by atoms with E-state index >= 15 is 0 Å². The van der Waals surface area contributed by atoms with Gasteiger partial charge in [0.15, 0.2) is 0 Å². The van der Waals surface area contributed by atoms with Crippen molar-refractivity contribution in [1.82, 2.24) is 5.32 Å². The number of rotatable bonds is 4. The zero-order chi connectivity index (χ0) is 16.2. The highest BCUT2D eigenvalue weighted by Gasteiger charge is 2.35. The van der Waals surface area contributed by atoms with Gasteiger partial charge in [-0.2, -0.15) is 0 Å². The van der Waals surface area contributed by atoms with Gasteiger partial charge in [0.2, 0.25) is 11.8 Å². The number of anilines is 1. The maximum absolute atomic E-state index is 12.1. The van der Waals surface area contributed by atoms with E-state index in [2.05, 4.69) is 10.6 Å². The van der Waals surface area contributed by atoms with E-state index in [1.807, 2.05) is 0 Å². The summed E-state index contributed by atoms with van der Waals surface area (Å²) >= 11 is 11.8. The van der Waals surface area contributed by atoms with Gasteiger partial charge in [0.05, 0.1) is 22.8 Å². The first-order valence-electron chi connectivity index (χ1n) is 6.80. The van der Waals surface area contributed by atoms with Gasteiger partial charge < -0.3 is 21.1 Å². The minimum atomic E-state index is -0.980. The highest BCUT2D eigenvalue weighted by Crippen LogP contribution is 2.25. The first kappa shape index (κ1) is 20.0. The summed E-state index contributed by atoms with van der Waals surface area (Å²) < 4.78 is 5.18. The number of hydrogen-bond acceptors (Lipinski definition) is 4. The zero-order valence-corrected chi connectivity index (χ0v) is 14.6. The van der Waals surface area contributed by atoms with Crippen LogP contribution in [0.25, 0.3) is 0 Å². The van der Waals surface area contributed by atoms with Gasteiger partial charge >= 0.3 is 0 Å². The third-order valence-corrected chi connectivity index (χ3v) is 4.01. The van der Waals surface area contributed by atoms with E-state index in [4.69, 9.17) is 33.7 Å². The fourth-order valence-electron chi connectivity index (χ4n) is 2.09. The zero-order valence-electron chi connectivity index (χ0n) is 12.2. The molecular formula is C14H18Cl3N3O3. The van der Waals surface area contributed by atoms with Crippen LogP contribution in [0.4, 0.5) is 5.69 Å². The molecule has 23 heavy (non-hydrogen) atoms. The van der Waals surface area contributed by atoms with Crippen LogP contribution in [0.15, 0.2) is 18.2 Å². The number of benzene rings is 1. The fourth-order valence-corrected chi connectivity index (χ4v) is 2.42. The van der Waals surface area contributed by atoms with Gasteiger partial charge in [0, 0.05) is 18.2 Å². The van der Waals surface area contributed by atoms with E-state index in [1.165, 1.54) is 6.07 Å².